The monoisotopic (exact) mass is 462 g/mol. The Hall–Kier alpha value is -2.26. The largest absolute Gasteiger partial charge is 0.497 e. The minimum atomic E-state index is -0.770. The summed E-state index contributed by atoms with van der Waals surface area (Å²) in [6, 6.07) is 5.74. The van der Waals surface area contributed by atoms with Crippen molar-refractivity contribution >= 4 is 35.2 Å². The number of hydrogen-bond donors (Lipinski definition) is 2. The van der Waals surface area contributed by atoms with Gasteiger partial charge in [0.2, 0.25) is 11.8 Å². The number of nitrogens with one attached hydrogen (secondary N) is 1. The van der Waals surface area contributed by atoms with Gasteiger partial charge >= 0.3 is 5.97 Å². The molecule has 32 heavy (non-hydrogen) atoms. The standard InChI is InChI=1S/C23H30N2O6S/c1-4-14(12-26)25-19(20(27)24-13-6-8-15(30-3)9-7-13)23-11-10-16(32-23)17(18(23)21(25)28)22(29)31-5-2/h6-9,14,16-19,26H,4-5,10-12H2,1-3H3,(H,24,27)/t14-,16-,17+,18-,19?,23?/m0/s1. The van der Waals surface area contributed by atoms with Crippen LogP contribution in [0.4, 0.5) is 5.69 Å². The van der Waals surface area contributed by atoms with Gasteiger partial charge in [-0.2, -0.15) is 0 Å². The smallest absolute Gasteiger partial charge is 0.310 e. The Morgan fingerprint density at radius 2 is 2.03 bits per heavy atom. The number of esters is 1. The van der Waals surface area contributed by atoms with Crippen molar-refractivity contribution in [1.82, 2.24) is 4.90 Å². The van der Waals surface area contributed by atoms with Crippen LogP contribution in [0.1, 0.15) is 33.1 Å². The highest BCUT2D eigenvalue weighted by Gasteiger charge is 2.74. The highest BCUT2D eigenvalue weighted by atomic mass is 32.2. The van der Waals surface area contributed by atoms with E-state index in [1.807, 2.05) is 6.92 Å². The lowest BCUT2D eigenvalue weighted by molar-refractivity contribution is -0.154. The first-order valence-electron chi connectivity index (χ1n) is 11.1. The fraction of sp³-hybridized carbons (Fsp3) is 0.609. The number of hydrogen-bond acceptors (Lipinski definition) is 7. The molecule has 1 aromatic carbocycles. The molecule has 174 valence electrons. The molecule has 3 heterocycles. The first-order chi connectivity index (χ1) is 15.4. The third-order valence-electron chi connectivity index (χ3n) is 6.98. The van der Waals surface area contributed by atoms with Crippen LogP contribution in [-0.4, -0.2) is 70.2 Å². The molecule has 1 spiro atoms. The van der Waals surface area contributed by atoms with E-state index in [4.69, 9.17) is 9.47 Å². The molecule has 0 aliphatic carbocycles. The quantitative estimate of drug-likeness (QED) is 0.570. The summed E-state index contributed by atoms with van der Waals surface area (Å²) < 4.78 is 9.79. The Bertz CT molecular complexity index is 889. The number of benzene rings is 1. The van der Waals surface area contributed by atoms with Crippen molar-refractivity contribution in [3.63, 3.8) is 0 Å². The van der Waals surface area contributed by atoms with E-state index in [0.717, 1.165) is 6.42 Å². The average Bonchev–Trinajstić information content (AvgIpc) is 3.43. The first kappa shape index (κ1) is 22.9. The average molecular weight is 463 g/mol. The second kappa shape index (κ2) is 8.94. The van der Waals surface area contributed by atoms with E-state index in [2.05, 4.69) is 5.32 Å². The van der Waals surface area contributed by atoms with Crippen LogP contribution in [0.2, 0.25) is 0 Å². The number of aliphatic hydroxyl groups is 1. The van der Waals surface area contributed by atoms with Crippen molar-refractivity contribution in [2.45, 2.75) is 55.2 Å². The van der Waals surface area contributed by atoms with Gasteiger partial charge in [-0.15, -0.1) is 11.8 Å². The van der Waals surface area contributed by atoms with Crippen LogP contribution in [0.15, 0.2) is 24.3 Å². The van der Waals surface area contributed by atoms with Crippen molar-refractivity contribution in [2.75, 3.05) is 25.6 Å². The van der Waals surface area contributed by atoms with Gasteiger partial charge in [0.05, 0.1) is 42.9 Å². The fourth-order valence-corrected chi connectivity index (χ4v) is 7.78. The van der Waals surface area contributed by atoms with Crippen LogP contribution < -0.4 is 10.1 Å². The van der Waals surface area contributed by atoms with Gasteiger partial charge in [-0.3, -0.25) is 14.4 Å². The second-order valence-corrected chi connectivity index (χ2v) is 10.1. The second-order valence-electron chi connectivity index (χ2n) is 8.52. The van der Waals surface area contributed by atoms with Crippen LogP contribution in [0.5, 0.6) is 5.75 Å². The molecule has 2 N–H and O–H groups in total. The maximum Gasteiger partial charge on any atom is 0.310 e. The molecule has 8 nitrogen and oxygen atoms in total. The summed E-state index contributed by atoms with van der Waals surface area (Å²) >= 11 is 1.58. The van der Waals surface area contributed by atoms with Gasteiger partial charge in [-0.1, -0.05) is 6.92 Å². The molecule has 3 fully saturated rings. The molecule has 2 unspecified atom stereocenters. The molecular formula is C23H30N2O6S. The zero-order valence-electron chi connectivity index (χ0n) is 18.6. The molecule has 6 atom stereocenters. The number of rotatable bonds is 8. The number of carbonyl (C=O) groups is 3. The number of fused-ring (bicyclic) bond motifs is 1. The first-order valence-corrected chi connectivity index (χ1v) is 12.0. The van der Waals surface area contributed by atoms with Crippen LogP contribution in [0, 0.1) is 11.8 Å². The molecule has 3 aliphatic rings. The SMILES string of the molecule is CCOC(=O)[C@@H]1[C@@H]2CCC3(S2)C(C(=O)Nc2ccc(OC)cc2)N([C@@H](CC)CO)C(=O)[C@H]13. The van der Waals surface area contributed by atoms with E-state index in [9.17, 15) is 19.5 Å². The topological polar surface area (TPSA) is 105 Å². The normalized spacial score (nSPS) is 31.4. The minimum Gasteiger partial charge on any atom is -0.497 e. The molecule has 0 saturated carbocycles. The number of nitrogens with zero attached hydrogens (tertiary/aromatic N) is 1. The number of thioether (sulfide) groups is 1. The highest BCUT2D eigenvalue weighted by molar-refractivity contribution is 8.02. The molecule has 2 bridgehead atoms. The Labute approximate surface area is 192 Å². The summed E-state index contributed by atoms with van der Waals surface area (Å²) in [5.41, 5.74) is 0.597. The summed E-state index contributed by atoms with van der Waals surface area (Å²) in [6.07, 6.45) is 1.94. The summed E-state index contributed by atoms with van der Waals surface area (Å²) in [5, 5.41) is 12.9. The maximum absolute atomic E-state index is 13.7. The number of methoxy groups -OCH3 is 1. The van der Waals surface area contributed by atoms with Crippen molar-refractivity contribution in [3.05, 3.63) is 24.3 Å². The zero-order chi connectivity index (χ0) is 23.0. The Balaban J connectivity index is 1.70. The van der Waals surface area contributed by atoms with E-state index in [1.54, 1.807) is 55.0 Å². The van der Waals surface area contributed by atoms with Gasteiger partial charge in [-0.25, -0.2) is 0 Å². The zero-order valence-corrected chi connectivity index (χ0v) is 19.4. The lowest BCUT2D eigenvalue weighted by atomic mass is 9.71. The van der Waals surface area contributed by atoms with Gasteiger partial charge in [0.1, 0.15) is 11.8 Å². The predicted octanol–water partition coefficient (Wildman–Crippen LogP) is 2.06. The molecule has 1 aromatic rings. The van der Waals surface area contributed by atoms with Gasteiger partial charge in [0.25, 0.3) is 0 Å². The highest BCUT2D eigenvalue weighted by Crippen LogP contribution is 2.66. The van der Waals surface area contributed by atoms with Crippen LogP contribution >= 0.6 is 11.8 Å². The van der Waals surface area contributed by atoms with Crippen LogP contribution in [0.25, 0.3) is 0 Å². The van der Waals surface area contributed by atoms with Gasteiger partial charge in [0.15, 0.2) is 0 Å². The number of anilines is 1. The van der Waals surface area contributed by atoms with E-state index in [1.165, 1.54) is 0 Å². The Kier molecular flexibility index (Phi) is 6.40. The summed E-state index contributed by atoms with van der Waals surface area (Å²) in [6.45, 7) is 3.64. The fourth-order valence-electron chi connectivity index (χ4n) is 5.59. The lowest BCUT2D eigenvalue weighted by Crippen LogP contribution is -2.54. The summed E-state index contributed by atoms with van der Waals surface area (Å²) in [5.74, 6) is -1.38. The van der Waals surface area contributed by atoms with Gasteiger partial charge in [0, 0.05) is 10.9 Å². The number of likely N-dealkylation sites (tertiary alicyclic amines) is 1. The Morgan fingerprint density at radius 3 is 2.62 bits per heavy atom. The molecule has 9 heteroatoms. The van der Waals surface area contributed by atoms with Crippen molar-refractivity contribution in [2.24, 2.45) is 11.8 Å². The van der Waals surface area contributed by atoms with Crippen LogP contribution in [-0.2, 0) is 19.1 Å². The van der Waals surface area contributed by atoms with Crippen molar-refractivity contribution < 1.29 is 29.0 Å². The molecule has 2 amide bonds. The maximum atomic E-state index is 13.7. The predicted molar refractivity (Wildman–Crippen MR) is 120 cm³/mol. The lowest BCUT2D eigenvalue weighted by Gasteiger charge is -2.36. The minimum absolute atomic E-state index is 0.0318. The molecule has 4 rings (SSSR count). The summed E-state index contributed by atoms with van der Waals surface area (Å²) in [7, 11) is 1.57. The van der Waals surface area contributed by atoms with E-state index in [0.29, 0.717) is 24.3 Å². The number of amides is 2. The van der Waals surface area contributed by atoms with Gasteiger partial charge in [-0.05, 0) is 50.5 Å². The van der Waals surface area contributed by atoms with Gasteiger partial charge < -0.3 is 24.8 Å². The van der Waals surface area contributed by atoms with Crippen molar-refractivity contribution in [3.8, 4) is 5.75 Å². The molecular weight excluding hydrogens is 432 g/mol. The third-order valence-corrected chi connectivity index (χ3v) is 8.93. The summed E-state index contributed by atoms with van der Waals surface area (Å²) in [4.78, 5) is 41.7. The van der Waals surface area contributed by atoms with E-state index < -0.39 is 28.7 Å². The molecule has 3 saturated heterocycles. The van der Waals surface area contributed by atoms with E-state index >= 15 is 0 Å². The third kappa shape index (κ3) is 3.46. The Morgan fingerprint density at radius 1 is 1.31 bits per heavy atom. The van der Waals surface area contributed by atoms with Crippen molar-refractivity contribution in [1.29, 1.82) is 0 Å². The number of aliphatic hydroxyl groups excluding tert-OH is 1. The van der Waals surface area contributed by atoms with E-state index in [-0.39, 0.29) is 36.2 Å². The number of carbonyl (C=O) groups excluding carboxylic acids is 3. The number of ether oxygens (including phenoxy) is 2. The molecule has 3 aliphatic heterocycles. The molecule has 0 radical (unpaired) electrons. The van der Waals surface area contributed by atoms with Crippen LogP contribution in [0.3, 0.4) is 0 Å². The molecule has 0 aromatic heterocycles.